The Hall–Kier alpha value is -2.72. The van der Waals surface area contributed by atoms with Crippen LogP contribution in [0, 0.1) is 0 Å². The summed E-state index contributed by atoms with van der Waals surface area (Å²) in [6, 6.07) is 14.0. The molecule has 23 heavy (non-hydrogen) atoms. The summed E-state index contributed by atoms with van der Waals surface area (Å²) in [4.78, 5) is 12.2. The molecule has 4 nitrogen and oxygen atoms in total. The normalized spacial score (nSPS) is 15.9. The quantitative estimate of drug-likeness (QED) is 0.901. The number of nitrogens with one attached hydrogen (secondary N) is 1. The maximum atomic E-state index is 12.2. The van der Waals surface area contributed by atoms with Gasteiger partial charge >= 0.3 is 0 Å². The Morgan fingerprint density at radius 1 is 1.09 bits per heavy atom. The number of halogens is 1. The van der Waals surface area contributed by atoms with Gasteiger partial charge in [-0.3, -0.25) is 4.79 Å². The van der Waals surface area contributed by atoms with E-state index in [9.17, 15) is 9.90 Å². The maximum absolute atomic E-state index is 12.2. The number of hydrogen-bond acceptors (Lipinski definition) is 3. The Bertz CT molecular complexity index is 805. The zero-order chi connectivity index (χ0) is 16.4. The van der Waals surface area contributed by atoms with Crippen molar-refractivity contribution in [2.45, 2.75) is 0 Å². The molecule has 2 aromatic rings. The number of methoxy groups -OCH3 is 1. The minimum atomic E-state index is -0.340. The van der Waals surface area contributed by atoms with Crippen molar-refractivity contribution in [3.63, 3.8) is 0 Å². The fraction of sp³-hybridized carbons (Fsp3) is 0.0556. The van der Waals surface area contributed by atoms with Crippen LogP contribution in [0.4, 0.5) is 0 Å². The molecule has 0 saturated heterocycles. The van der Waals surface area contributed by atoms with E-state index in [0.29, 0.717) is 22.0 Å². The molecule has 0 radical (unpaired) electrons. The number of aliphatic hydroxyl groups excluding tert-OH is 1. The third-order valence-corrected chi connectivity index (χ3v) is 3.78. The van der Waals surface area contributed by atoms with E-state index >= 15 is 0 Å². The van der Waals surface area contributed by atoms with Gasteiger partial charge in [0.2, 0.25) is 0 Å². The molecule has 0 unspecified atom stereocenters. The minimum absolute atomic E-state index is 0.0740. The lowest BCUT2D eigenvalue weighted by Gasteiger charge is -2.03. The fourth-order valence-electron chi connectivity index (χ4n) is 2.34. The van der Waals surface area contributed by atoms with Gasteiger partial charge in [0.15, 0.2) is 5.76 Å². The Kier molecular flexibility index (Phi) is 4.08. The zero-order valence-electron chi connectivity index (χ0n) is 12.3. The molecule has 2 aromatic carbocycles. The van der Waals surface area contributed by atoms with E-state index in [4.69, 9.17) is 16.3 Å². The summed E-state index contributed by atoms with van der Waals surface area (Å²) in [7, 11) is 1.57. The summed E-state index contributed by atoms with van der Waals surface area (Å²) in [6.07, 6.45) is 1.69. The zero-order valence-corrected chi connectivity index (χ0v) is 13.1. The minimum Gasteiger partial charge on any atom is -0.505 e. The lowest BCUT2D eigenvalue weighted by Crippen LogP contribution is -2.15. The first-order chi connectivity index (χ1) is 11.1. The first kappa shape index (κ1) is 15.2. The predicted octanol–water partition coefficient (Wildman–Crippen LogP) is 3.79. The summed E-state index contributed by atoms with van der Waals surface area (Å²) >= 11 is 5.85. The molecule has 116 valence electrons. The summed E-state index contributed by atoms with van der Waals surface area (Å²) in [6.45, 7) is 0. The first-order valence-corrected chi connectivity index (χ1v) is 7.33. The first-order valence-electron chi connectivity index (χ1n) is 6.95. The third-order valence-electron chi connectivity index (χ3n) is 3.53. The number of benzene rings is 2. The highest BCUT2D eigenvalue weighted by molar-refractivity contribution is 6.30. The van der Waals surface area contributed by atoms with Crippen molar-refractivity contribution >= 4 is 29.2 Å². The molecule has 0 saturated carbocycles. The van der Waals surface area contributed by atoms with Gasteiger partial charge in [-0.25, -0.2) is 0 Å². The maximum Gasteiger partial charge on any atom is 0.260 e. The van der Waals surface area contributed by atoms with Crippen LogP contribution in [0.25, 0.3) is 11.6 Å². The van der Waals surface area contributed by atoms with Gasteiger partial charge in [0.25, 0.3) is 5.91 Å². The number of ether oxygens (including phenoxy) is 1. The van der Waals surface area contributed by atoms with Crippen LogP contribution in [0.15, 0.2) is 60.0 Å². The molecule has 1 aliphatic rings. The molecule has 0 atom stereocenters. The highest BCUT2D eigenvalue weighted by Crippen LogP contribution is 2.29. The second kappa shape index (κ2) is 6.18. The molecule has 0 spiro atoms. The second-order valence-corrected chi connectivity index (χ2v) is 5.45. The Morgan fingerprint density at radius 2 is 1.74 bits per heavy atom. The van der Waals surface area contributed by atoms with Gasteiger partial charge in [0.1, 0.15) is 5.75 Å². The molecule has 3 rings (SSSR count). The summed E-state index contributed by atoms with van der Waals surface area (Å²) < 4.78 is 5.09. The van der Waals surface area contributed by atoms with Crippen LogP contribution in [0.1, 0.15) is 11.1 Å². The van der Waals surface area contributed by atoms with Gasteiger partial charge in [-0.05, 0) is 41.5 Å². The van der Waals surface area contributed by atoms with E-state index in [2.05, 4.69) is 5.32 Å². The Morgan fingerprint density at radius 3 is 2.35 bits per heavy atom. The monoisotopic (exact) mass is 327 g/mol. The fourth-order valence-corrected chi connectivity index (χ4v) is 2.47. The van der Waals surface area contributed by atoms with E-state index in [1.54, 1.807) is 61.7 Å². The molecule has 0 aromatic heterocycles. The SMILES string of the molecule is COc1ccc(C2=C(O)/C(=C/c3ccc(Cl)cc3)NC2=O)cc1. The van der Waals surface area contributed by atoms with Gasteiger partial charge in [0.05, 0.1) is 18.4 Å². The van der Waals surface area contributed by atoms with Gasteiger partial charge in [-0.2, -0.15) is 0 Å². The van der Waals surface area contributed by atoms with Crippen LogP contribution in [-0.2, 0) is 4.79 Å². The van der Waals surface area contributed by atoms with Gasteiger partial charge in [-0.1, -0.05) is 35.9 Å². The highest BCUT2D eigenvalue weighted by atomic mass is 35.5. The van der Waals surface area contributed by atoms with Crippen molar-refractivity contribution in [3.8, 4) is 5.75 Å². The lowest BCUT2D eigenvalue weighted by molar-refractivity contribution is -0.114. The highest BCUT2D eigenvalue weighted by Gasteiger charge is 2.28. The van der Waals surface area contributed by atoms with Crippen LogP contribution in [0.2, 0.25) is 5.02 Å². The average molecular weight is 328 g/mol. The van der Waals surface area contributed by atoms with Gasteiger partial charge < -0.3 is 15.2 Å². The summed E-state index contributed by atoms with van der Waals surface area (Å²) in [5, 5.41) is 13.7. The number of rotatable bonds is 3. The number of aliphatic hydroxyl groups is 1. The van der Waals surface area contributed by atoms with Crippen LogP contribution >= 0.6 is 11.6 Å². The Balaban J connectivity index is 1.97. The summed E-state index contributed by atoms with van der Waals surface area (Å²) in [5.41, 5.74) is 2.06. The smallest absolute Gasteiger partial charge is 0.260 e. The topological polar surface area (TPSA) is 58.6 Å². The lowest BCUT2D eigenvalue weighted by atomic mass is 10.0. The molecular weight excluding hydrogens is 314 g/mol. The molecular formula is C18H14ClNO3. The molecule has 2 N–H and O–H groups in total. The van der Waals surface area contributed by atoms with Crippen molar-refractivity contribution in [1.82, 2.24) is 5.32 Å². The van der Waals surface area contributed by atoms with E-state index in [-0.39, 0.29) is 17.2 Å². The van der Waals surface area contributed by atoms with Crippen LogP contribution in [0.5, 0.6) is 5.75 Å². The predicted molar refractivity (Wildman–Crippen MR) is 90.1 cm³/mol. The third kappa shape index (κ3) is 3.07. The van der Waals surface area contributed by atoms with Crippen LogP contribution < -0.4 is 10.1 Å². The number of carbonyl (C=O) groups excluding carboxylic acids is 1. The van der Waals surface area contributed by atoms with E-state index < -0.39 is 0 Å². The number of amides is 1. The van der Waals surface area contributed by atoms with E-state index in [1.807, 2.05) is 0 Å². The van der Waals surface area contributed by atoms with Crippen molar-refractivity contribution in [2.75, 3.05) is 7.11 Å². The standard InChI is InChI=1S/C18H14ClNO3/c1-23-14-8-4-12(5-9-14)16-17(21)15(20-18(16)22)10-11-2-6-13(19)7-3-11/h2-10,21H,1H3,(H,20,22)/b15-10-. The van der Waals surface area contributed by atoms with Crippen LogP contribution in [0.3, 0.4) is 0 Å². The number of carbonyl (C=O) groups is 1. The van der Waals surface area contributed by atoms with E-state index in [1.165, 1.54) is 0 Å². The largest absolute Gasteiger partial charge is 0.505 e. The molecule has 0 bridgehead atoms. The second-order valence-electron chi connectivity index (χ2n) is 5.02. The Labute approximate surface area is 138 Å². The molecule has 1 amide bonds. The molecule has 1 heterocycles. The van der Waals surface area contributed by atoms with Crippen molar-refractivity contribution in [1.29, 1.82) is 0 Å². The number of hydrogen-bond donors (Lipinski definition) is 2. The molecule has 5 heteroatoms. The van der Waals surface area contributed by atoms with E-state index in [0.717, 1.165) is 5.56 Å². The van der Waals surface area contributed by atoms with Crippen LogP contribution in [-0.4, -0.2) is 18.1 Å². The van der Waals surface area contributed by atoms with Gasteiger partial charge in [-0.15, -0.1) is 0 Å². The van der Waals surface area contributed by atoms with Crippen molar-refractivity contribution in [2.24, 2.45) is 0 Å². The molecule has 1 aliphatic heterocycles. The van der Waals surface area contributed by atoms with Crippen molar-refractivity contribution in [3.05, 3.63) is 76.1 Å². The van der Waals surface area contributed by atoms with Crippen molar-refractivity contribution < 1.29 is 14.6 Å². The van der Waals surface area contributed by atoms with Gasteiger partial charge in [0, 0.05) is 5.02 Å². The summed E-state index contributed by atoms with van der Waals surface area (Å²) in [5.74, 6) is 0.271. The molecule has 0 aliphatic carbocycles. The molecule has 0 fully saturated rings. The average Bonchev–Trinajstić information content (AvgIpc) is 2.84.